The van der Waals surface area contributed by atoms with E-state index in [1.165, 1.54) is 5.56 Å². The summed E-state index contributed by atoms with van der Waals surface area (Å²) in [6.45, 7) is 4.73. The van der Waals surface area contributed by atoms with E-state index in [0.29, 0.717) is 12.3 Å². The lowest BCUT2D eigenvalue weighted by molar-refractivity contribution is 0.342. The van der Waals surface area contributed by atoms with Crippen molar-refractivity contribution in [1.82, 2.24) is 4.98 Å². The lowest BCUT2D eigenvalue weighted by atomic mass is 10.1. The van der Waals surface area contributed by atoms with Gasteiger partial charge in [0.1, 0.15) is 5.75 Å². The van der Waals surface area contributed by atoms with Crippen molar-refractivity contribution in [1.29, 1.82) is 0 Å². The van der Waals surface area contributed by atoms with E-state index in [-0.39, 0.29) is 0 Å². The molecule has 0 unspecified atom stereocenters. The molecule has 0 saturated heterocycles. The molecule has 0 aliphatic heterocycles. The second-order valence-corrected chi connectivity index (χ2v) is 4.49. The highest BCUT2D eigenvalue weighted by Crippen LogP contribution is 2.27. The fourth-order valence-electron chi connectivity index (χ4n) is 2.03. The molecule has 0 aliphatic carbocycles. The Morgan fingerprint density at radius 3 is 2.58 bits per heavy atom. The minimum absolute atomic E-state index is 0.619. The normalized spacial score (nSPS) is 10.4. The average molecular weight is 256 g/mol. The van der Waals surface area contributed by atoms with Crippen LogP contribution in [0.25, 0.3) is 11.3 Å². The molecule has 3 heteroatoms. The molecule has 0 aliphatic rings. The van der Waals surface area contributed by atoms with Crippen LogP contribution in [-0.2, 0) is 6.42 Å². The zero-order valence-corrected chi connectivity index (χ0v) is 11.5. The van der Waals surface area contributed by atoms with E-state index >= 15 is 0 Å². The quantitative estimate of drug-likeness (QED) is 0.830. The minimum Gasteiger partial charge on any atom is -0.492 e. The highest BCUT2D eigenvalue weighted by molar-refractivity contribution is 5.68. The van der Waals surface area contributed by atoms with E-state index in [9.17, 15) is 0 Å². The van der Waals surface area contributed by atoms with Crippen LogP contribution in [0.3, 0.4) is 0 Å². The van der Waals surface area contributed by atoms with Crippen molar-refractivity contribution in [2.45, 2.75) is 26.7 Å². The average Bonchev–Trinajstić information content (AvgIpc) is 2.43. The monoisotopic (exact) mass is 256 g/mol. The SMILES string of the molecule is CCCc1ccc(-c2ccc(OCC)c(N)c2)nc1. The van der Waals surface area contributed by atoms with Gasteiger partial charge in [-0.25, -0.2) is 0 Å². The second kappa shape index (κ2) is 6.23. The molecular formula is C16H20N2O. The number of aryl methyl sites for hydroxylation is 1. The van der Waals surface area contributed by atoms with Gasteiger partial charge in [-0.1, -0.05) is 19.4 Å². The molecule has 0 fully saturated rings. The molecule has 1 aromatic heterocycles. The van der Waals surface area contributed by atoms with Gasteiger partial charge in [0.05, 0.1) is 18.0 Å². The summed E-state index contributed by atoms with van der Waals surface area (Å²) in [4.78, 5) is 4.49. The summed E-state index contributed by atoms with van der Waals surface area (Å²) in [5.74, 6) is 0.730. The molecule has 2 aromatic rings. The van der Waals surface area contributed by atoms with Gasteiger partial charge < -0.3 is 10.5 Å². The predicted octanol–water partition coefficient (Wildman–Crippen LogP) is 3.68. The van der Waals surface area contributed by atoms with Crippen LogP contribution in [0.1, 0.15) is 25.8 Å². The van der Waals surface area contributed by atoms with Gasteiger partial charge in [0, 0.05) is 11.8 Å². The smallest absolute Gasteiger partial charge is 0.142 e. The lowest BCUT2D eigenvalue weighted by Gasteiger charge is -2.09. The molecule has 2 rings (SSSR count). The maximum absolute atomic E-state index is 5.97. The summed E-state index contributed by atoms with van der Waals surface area (Å²) >= 11 is 0. The van der Waals surface area contributed by atoms with E-state index < -0.39 is 0 Å². The third kappa shape index (κ3) is 3.25. The number of benzene rings is 1. The van der Waals surface area contributed by atoms with E-state index in [0.717, 1.165) is 29.8 Å². The van der Waals surface area contributed by atoms with Crippen LogP contribution in [-0.4, -0.2) is 11.6 Å². The molecule has 19 heavy (non-hydrogen) atoms. The maximum Gasteiger partial charge on any atom is 0.142 e. The number of nitrogens with two attached hydrogens (primary N) is 1. The fourth-order valence-corrected chi connectivity index (χ4v) is 2.03. The summed E-state index contributed by atoms with van der Waals surface area (Å²) in [6.07, 6.45) is 4.14. The molecule has 0 radical (unpaired) electrons. The van der Waals surface area contributed by atoms with Crippen LogP contribution in [0, 0.1) is 0 Å². The van der Waals surface area contributed by atoms with Gasteiger partial charge in [-0.2, -0.15) is 0 Å². The Labute approximate surface area is 114 Å². The van der Waals surface area contributed by atoms with Gasteiger partial charge in [0.2, 0.25) is 0 Å². The predicted molar refractivity (Wildman–Crippen MR) is 79.2 cm³/mol. The van der Waals surface area contributed by atoms with Crippen LogP contribution in [0.2, 0.25) is 0 Å². The van der Waals surface area contributed by atoms with Crippen LogP contribution < -0.4 is 10.5 Å². The van der Waals surface area contributed by atoms with Gasteiger partial charge in [-0.15, -0.1) is 0 Å². The summed E-state index contributed by atoms with van der Waals surface area (Å²) in [5.41, 5.74) is 9.85. The summed E-state index contributed by atoms with van der Waals surface area (Å²) in [7, 11) is 0. The van der Waals surface area contributed by atoms with Crippen molar-refractivity contribution >= 4 is 5.69 Å². The molecule has 3 nitrogen and oxygen atoms in total. The number of nitrogens with zero attached hydrogens (tertiary/aromatic N) is 1. The van der Waals surface area contributed by atoms with E-state index in [1.807, 2.05) is 37.4 Å². The number of pyridine rings is 1. The van der Waals surface area contributed by atoms with Gasteiger partial charge in [0.25, 0.3) is 0 Å². The summed E-state index contributed by atoms with van der Waals surface area (Å²) in [6, 6.07) is 9.96. The van der Waals surface area contributed by atoms with Crippen molar-refractivity contribution in [3.63, 3.8) is 0 Å². The van der Waals surface area contributed by atoms with Crippen LogP contribution in [0.5, 0.6) is 5.75 Å². The largest absolute Gasteiger partial charge is 0.492 e. The first-order valence-electron chi connectivity index (χ1n) is 6.72. The first-order valence-corrected chi connectivity index (χ1v) is 6.72. The molecular weight excluding hydrogens is 236 g/mol. The van der Waals surface area contributed by atoms with Crippen molar-refractivity contribution in [3.8, 4) is 17.0 Å². The van der Waals surface area contributed by atoms with Crippen LogP contribution >= 0.6 is 0 Å². The lowest BCUT2D eigenvalue weighted by Crippen LogP contribution is -1.97. The molecule has 0 atom stereocenters. The second-order valence-electron chi connectivity index (χ2n) is 4.49. The van der Waals surface area contributed by atoms with Crippen molar-refractivity contribution in [2.24, 2.45) is 0 Å². The number of ether oxygens (including phenoxy) is 1. The minimum atomic E-state index is 0.619. The molecule has 0 spiro atoms. The Hall–Kier alpha value is -2.03. The summed E-state index contributed by atoms with van der Waals surface area (Å²) < 4.78 is 5.43. The Bertz CT molecular complexity index is 535. The number of hydrogen-bond donors (Lipinski definition) is 1. The Balaban J connectivity index is 2.24. The van der Waals surface area contributed by atoms with Gasteiger partial charge in [0.15, 0.2) is 0 Å². The standard InChI is InChI=1S/C16H20N2O/c1-3-5-12-6-8-15(18-11-12)13-7-9-16(19-4-2)14(17)10-13/h6-11H,3-5,17H2,1-2H3. The molecule has 1 heterocycles. The van der Waals surface area contributed by atoms with Gasteiger partial charge in [-0.3, -0.25) is 4.98 Å². The molecule has 2 N–H and O–H groups in total. The van der Waals surface area contributed by atoms with E-state index in [4.69, 9.17) is 10.5 Å². The third-order valence-electron chi connectivity index (χ3n) is 2.97. The number of anilines is 1. The van der Waals surface area contributed by atoms with Gasteiger partial charge in [-0.05, 0) is 43.2 Å². The highest BCUT2D eigenvalue weighted by atomic mass is 16.5. The number of rotatable bonds is 5. The first kappa shape index (κ1) is 13.4. The topological polar surface area (TPSA) is 48.1 Å². The fraction of sp³-hybridized carbons (Fsp3) is 0.312. The van der Waals surface area contributed by atoms with Crippen molar-refractivity contribution in [2.75, 3.05) is 12.3 Å². The molecule has 0 saturated carbocycles. The number of hydrogen-bond acceptors (Lipinski definition) is 3. The highest BCUT2D eigenvalue weighted by Gasteiger charge is 2.04. The molecule has 100 valence electrons. The Morgan fingerprint density at radius 1 is 1.16 bits per heavy atom. The van der Waals surface area contributed by atoms with Crippen molar-refractivity contribution in [3.05, 3.63) is 42.1 Å². The van der Waals surface area contributed by atoms with Gasteiger partial charge >= 0.3 is 0 Å². The Morgan fingerprint density at radius 2 is 2.00 bits per heavy atom. The number of aromatic nitrogens is 1. The van der Waals surface area contributed by atoms with Crippen LogP contribution in [0.4, 0.5) is 5.69 Å². The third-order valence-corrected chi connectivity index (χ3v) is 2.97. The van der Waals surface area contributed by atoms with E-state index in [2.05, 4.69) is 18.0 Å². The van der Waals surface area contributed by atoms with Crippen LogP contribution in [0.15, 0.2) is 36.5 Å². The summed E-state index contributed by atoms with van der Waals surface area (Å²) in [5, 5.41) is 0. The molecule has 0 bridgehead atoms. The molecule has 1 aromatic carbocycles. The zero-order valence-electron chi connectivity index (χ0n) is 11.5. The first-order chi connectivity index (χ1) is 9.24. The van der Waals surface area contributed by atoms with E-state index in [1.54, 1.807) is 0 Å². The number of nitrogen functional groups attached to an aromatic ring is 1. The maximum atomic E-state index is 5.97. The zero-order chi connectivity index (χ0) is 13.7. The van der Waals surface area contributed by atoms with Crippen molar-refractivity contribution < 1.29 is 4.74 Å². The Kier molecular flexibility index (Phi) is 4.39. The molecule has 0 amide bonds.